The minimum atomic E-state index is 0.348. The number of hydrogen-bond donors (Lipinski definition) is 1. The van der Waals surface area contributed by atoms with Gasteiger partial charge in [-0.25, -0.2) is 0 Å². The van der Waals surface area contributed by atoms with Crippen LogP contribution < -0.4 is 10.1 Å². The van der Waals surface area contributed by atoms with Crippen molar-refractivity contribution in [2.45, 2.75) is 51.6 Å². The van der Waals surface area contributed by atoms with E-state index < -0.39 is 0 Å². The van der Waals surface area contributed by atoms with E-state index >= 15 is 0 Å². The second-order valence-electron chi connectivity index (χ2n) is 7.54. The second kappa shape index (κ2) is 6.75. The molecule has 1 saturated carbocycles. The van der Waals surface area contributed by atoms with E-state index in [1.54, 1.807) is 0 Å². The van der Waals surface area contributed by atoms with E-state index in [1.165, 1.54) is 11.1 Å². The van der Waals surface area contributed by atoms with Crippen LogP contribution in [0.25, 0.3) is 0 Å². The summed E-state index contributed by atoms with van der Waals surface area (Å²) in [6, 6.07) is 7.07. The number of piperidine rings is 1. The van der Waals surface area contributed by atoms with Gasteiger partial charge in [0, 0.05) is 38.0 Å². The summed E-state index contributed by atoms with van der Waals surface area (Å²) >= 11 is 0. The summed E-state index contributed by atoms with van der Waals surface area (Å²) in [6.07, 6.45) is 5.45. The van der Waals surface area contributed by atoms with Gasteiger partial charge in [-0.3, -0.25) is 4.79 Å². The van der Waals surface area contributed by atoms with Crippen molar-refractivity contribution in [3.05, 3.63) is 29.3 Å². The maximum Gasteiger partial charge on any atom is 0.225 e. The quantitative estimate of drug-likeness (QED) is 0.904. The Balaban J connectivity index is 1.33. The van der Waals surface area contributed by atoms with E-state index in [2.05, 4.69) is 35.3 Å². The molecule has 0 spiro atoms. The Hall–Kier alpha value is -1.55. The number of fused-ring (bicyclic) bond motifs is 1. The SMILES string of the molecule is CC[C@@H]1CN(C(=O)C2CC2)CC[C@@H]1NCc1ccc2c(c1)CCO2. The zero-order valence-corrected chi connectivity index (χ0v) is 14.6. The maximum absolute atomic E-state index is 12.3. The summed E-state index contributed by atoms with van der Waals surface area (Å²) in [5.41, 5.74) is 2.68. The van der Waals surface area contributed by atoms with Crippen molar-refractivity contribution < 1.29 is 9.53 Å². The molecule has 4 nitrogen and oxygen atoms in total. The highest BCUT2D eigenvalue weighted by molar-refractivity contribution is 5.81. The molecule has 0 radical (unpaired) electrons. The number of hydrogen-bond acceptors (Lipinski definition) is 3. The van der Waals surface area contributed by atoms with Crippen LogP contribution in [0.2, 0.25) is 0 Å². The third-order valence-electron chi connectivity index (χ3n) is 5.82. The Kier molecular flexibility index (Phi) is 4.49. The zero-order valence-electron chi connectivity index (χ0n) is 14.6. The van der Waals surface area contributed by atoms with Crippen molar-refractivity contribution in [2.24, 2.45) is 11.8 Å². The minimum absolute atomic E-state index is 0.348. The van der Waals surface area contributed by atoms with Crippen molar-refractivity contribution in [1.82, 2.24) is 10.2 Å². The fraction of sp³-hybridized carbons (Fsp3) is 0.650. The molecule has 4 heteroatoms. The average molecular weight is 328 g/mol. The molecule has 24 heavy (non-hydrogen) atoms. The lowest BCUT2D eigenvalue weighted by atomic mass is 9.89. The number of carbonyl (C=O) groups is 1. The molecule has 130 valence electrons. The Morgan fingerprint density at radius 2 is 2.21 bits per heavy atom. The van der Waals surface area contributed by atoms with E-state index in [4.69, 9.17) is 4.74 Å². The molecule has 1 aromatic carbocycles. The number of carbonyl (C=O) groups excluding carboxylic acids is 1. The van der Waals surface area contributed by atoms with Crippen LogP contribution in [0.15, 0.2) is 18.2 Å². The van der Waals surface area contributed by atoms with E-state index in [0.29, 0.717) is 23.8 Å². The third kappa shape index (κ3) is 3.30. The minimum Gasteiger partial charge on any atom is -0.493 e. The van der Waals surface area contributed by atoms with E-state index in [0.717, 1.165) is 64.1 Å². The standard InChI is InChI=1S/C20H28N2O2/c1-2-15-13-22(20(23)16-4-5-16)9-7-18(15)21-12-14-3-6-19-17(11-14)8-10-24-19/h3,6,11,15-16,18,21H,2,4-5,7-10,12-13H2,1H3/t15-,18+/m1/s1. The Labute approximate surface area is 144 Å². The van der Waals surface area contributed by atoms with E-state index in [1.807, 2.05) is 0 Å². The van der Waals surface area contributed by atoms with Gasteiger partial charge < -0.3 is 15.0 Å². The molecule has 1 amide bonds. The highest BCUT2D eigenvalue weighted by atomic mass is 16.5. The molecule has 0 aromatic heterocycles. The Bertz CT molecular complexity index is 612. The van der Waals surface area contributed by atoms with E-state index in [9.17, 15) is 4.79 Å². The van der Waals surface area contributed by atoms with Crippen LogP contribution in [0.4, 0.5) is 0 Å². The van der Waals surface area contributed by atoms with Crippen LogP contribution >= 0.6 is 0 Å². The molecule has 2 fully saturated rings. The first-order valence-electron chi connectivity index (χ1n) is 9.51. The summed E-state index contributed by atoms with van der Waals surface area (Å²) in [5.74, 6) is 2.38. The van der Waals surface area contributed by atoms with Gasteiger partial charge >= 0.3 is 0 Å². The number of likely N-dealkylation sites (tertiary alicyclic amines) is 1. The van der Waals surface area contributed by atoms with Crippen LogP contribution in [0.1, 0.15) is 43.7 Å². The first-order valence-corrected chi connectivity index (χ1v) is 9.51. The van der Waals surface area contributed by atoms with Crippen molar-refractivity contribution in [3.63, 3.8) is 0 Å². The summed E-state index contributed by atoms with van der Waals surface area (Å²) in [7, 11) is 0. The maximum atomic E-state index is 12.3. The summed E-state index contributed by atoms with van der Waals surface area (Å²) in [6.45, 7) is 5.82. The van der Waals surface area contributed by atoms with Gasteiger partial charge in [0.2, 0.25) is 5.91 Å². The molecule has 1 aliphatic carbocycles. The topological polar surface area (TPSA) is 41.6 Å². The molecule has 2 heterocycles. The molecule has 0 unspecified atom stereocenters. The first-order chi connectivity index (χ1) is 11.7. The summed E-state index contributed by atoms with van der Waals surface area (Å²) < 4.78 is 5.58. The highest BCUT2D eigenvalue weighted by Gasteiger charge is 2.37. The summed E-state index contributed by atoms with van der Waals surface area (Å²) in [4.78, 5) is 14.4. The van der Waals surface area contributed by atoms with Gasteiger partial charge in [-0.05, 0) is 42.4 Å². The molecule has 2 aliphatic heterocycles. The molecule has 0 bridgehead atoms. The zero-order chi connectivity index (χ0) is 16.5. The molecule has 2 atom stereocenters. The van der Waals surface area contributed by atoms with Crippen LogP contribution in [-0.4, -0.2) is 36.5 Å². The highest BCUT2D eigenvalue weighted by Crippen LogP contribution is 2.33. The smallest absolute Gasteiger partial charge is 0.225 e. The van der Waals surface area contributed by atoms with Gasteiger partial charge in [0.15, 0.2) is 0 Å². The summed E-state index contributed by atoms with van der Waals surface area (Å²) in [5, 5.41) is 3.76. The predicted molar refractivity (Wildman–Crippen MR) is 94.0 cm³/mol. The largest absolute Gasteiger partial charge is 0.493 e. The van der Waals surface area contributed by atoms with Crippen molar-refractivity contribution in [2.75, 3.05) is 19.7 Å². The van der Waals surface area contributed by atoms with Crippen molar-refractivity contribution >= 4 is 5.91 Å². The molecular weight excluding hydrogens is 300 g/mol. The van der Waals surface area contributed by atoms with Crippen molar-refractivity contribution in [1.29, 1.82) is 0 Å². The van der Waals surface area contributed by atoms with Gasteiger partial charge in [0.05, 0.1) is 6.61 Å². The molecule has 1 saturated heterocycles. The number of nitrogens with one attached hydrogen (secondary N) is 1. The third-order valence-corrected chi connectivity index (χ3v) is 5.82. The first kappa shape index (κ1) is 15.9. The van der Waals surface area contributed by atoms with Gasteiger partial charge in [0.1, 0.15) is 5.75 Å². The normalized spacial score (nSPS) is 26.1. The molecule has 3 aliphatic rings. The number of nitrogens with zero attached hydrogens (tertiary/aromatic N) is 1. The van der Waals surface area contributed by atoms with Gasteiger partial charge in [0.25, 0.3) is 0 Å². The lowest BCUT2D eigenvalue weighted by Gasteiger charge is -2.39. The van der Waals surface area contributed by atoms with Gasteiger partial charge in [-0.15, -0.1) is 0 Å². The lowest BCUT2D eigenvalue weighted by molar-refractivity contribution is -0.134. The van der Waals surface area contributed by atoms with Crippen LogP contribution in [-0.2, 0) is 17.8 Å². The Morgan fingerprint density at radius 3 is 3.00 bits per heavy atom. The number of rotatable bonds is 5. The number of benzene rings is 1. The van der Waals surface area contributed by atoms with Crippen LogP contribution in [0.3, 0.4) is 0 Å². The molecular formula is C20H28N2O2. The van der Waals surface area contributed by atoms with Crippen molar-refractivity contribution in [3.8, 4) is 5.75 Å². The second-order valence-corrected chi connectivity index (χ2v) is 7.54. The fourth-order valence-electron chi connectivity index (χ4n) is 4.10. The van der Waals surface area contributed by atoms with E-state index in [-0.39, 0.29) is 0 Å². The van der Waals surface area contributed by atoms with Crippen LogP contribution in [0.5, 0.6) is 5.75 Å². The van der Waals surface area contributed by atoms with Crippen LogP contribution in [0, 0.1) is 11.8 Å². The Morgan fingerprint density at radius 1 is 1.33 bits per heavy atom. The predicted octanol–water partition coefficient (Wildman–Crippen LogP) is 2.75. The number of amides is 1. The van der Waals surface area contributed by atoms with Gasteiger partial charge in [-0.2, -0.15) is 0 Å². The number of ether oxygens (including phenoxy) is 1. The molecule has 1 N–H and O–H groups in total. The molecule has 4 rings (SSSR count). The monoisotopic (exact) mass is 328 g/mol. The van der Waals surface area contributed by atoms with Gasteiger partial charge in [-0.1, -0.05) is 25.5 Å². The average Bonchev–Trinajstić information content (AvgIpc) is 3.36. The lowest BCUT2D eigenvalue weighted by Crippen LogP contribution is -2.51. The fourth-order valence-corrected chi connectivity index (χ4v) is 4.10. The molecule has 1 aromatic rings.